The van der Waals surface area contributed by atoms with E-state index >= 15 is 0 Å². The molecule has 0 fully saturated rings. The molecule has 5 rings (SSSR count). The number of hydrogen-bond acceptors (Lipinski definition) is 6. The summed E-state index contributed by atoms with van der Waals surface area (Å²) in [5.74, 6) is 4.01. The summed E-state index contributed by atoms with van der Waals surface area (Å²) in [7, 11) is 0. The van der Waals surface area contributed by atoms with Crippen molar-refractivity contribution < 1.29 is 18.3 Å². The number of furan rings is 2. The highest BCUT2D eigenvalue weighted by Gasteiger charge is 2.04. The molecule has 34 heavy (non-hydrogen) atoms. The highest BCUT2D eigenvalue weighted by atomic mass is 16.5. The van der Waals surface area contributed by atoms with E-state index in [1.807, 2.05) is 97.1 Å². The second-order valence-electron chi connectivity index (χ2n) is 7.22. The molecule has 5 aromatic rings. The highest BCUT2D eigenvalue weighted by molar-refractivity contribution is 5.79. The van der Waals surface area contributed by atoms with Crippen molar-refractivity contribution in [2.75, 3.05) is 0 Å². The van der Waals surface area contributed by atoms with Crippen molar-refractivity contribution in [2.45, 2.75) is 0 Å². The molecule has 2 aromatic heterocycles. The van der Waals surface area contributed by atoms with E-state index in [0.717, 1.165) is 11.4 Å². The van der Waals surface area contributed by atoms with Crippen LogP contribution in [0, 0.1) is 0 Å². The molecule has 2 heterocycles. The fraction of sp³-hybridized carbons (Fsp3) is 0. The van der Waals surface area contributed by atoms with E-state index in [9.17, 15) is 0 Å². The largest absolute Gasteiger partial charge is 0.463 e. The third kappa shape index (κ3) is 5.69. The van der Waals surface area contributed by atoms with Gasteiger partial charge in [-0.05, 0) is 60.7 Å². The Hall–Kier alpha value is -4.84. The molecular weight excluding hydrogens is 428 g/mol. The van der Waals surface area contributed by atoms with E-state index in [-0.39, 0.29) is 0 Å². The van der Waals surface area contributed by atoms with Crippen LogP contribution in [0.25, 0.3) is 0 Å². The zero-order valence-corrected chi connectivity index (χ0v) is 18.1. The lowest BCUT2D eigenvalue weighted by Gasteiger charge is -2.10. The Morgan fingerprint density at radius 1 is 0.500 bits per heavy atom. The van der Waals surface area contributed by atoms with Gasteiger partial charge in [0.25, 0.3) is 0 Å². The van der Waals surface area contributed by atoms with Crippen LogP contribution >= 0.6 is 0 Å². The minimum absolute atomic E-state index is 0.650. The Bertz CT molecular complexity index is 1300. The van der Waals surface area contributed by atoms with E-state index < -0.39 is 0 Å². The smallest absolute Gasteiger partial charge is 0.144 e. The van der Waals surface area contributed by atoms with Gasteiger partial charge >= 0.3 is 0 Å². The molecule has 166 valence electrons. The van der Waals surface area contributed by atoms with Crippen LogP contribution in [-0.2, 0) is 0 Å². The summed E-state index contributed by atoms with van der Waals surface area (Å²) in [6.45, 7) is 0. The van der Waals surface area contributed by atoms with Crippen LogP contribution in [0.1, 0.15) is 11.5 Å². The maximum atomic E-state index is 6.03. The molecule has 0 radical (unpaired) electrons. The van der Waals surface area contributed by atoms with Crippen molar-refractivity contribution in [3.05, 3.63) is 121 Å². The molecule has 0 spiro atoms. The number of hydrogen-bond donors (Lipinski definition) is 0. The van der Waals surface area contributed by atoms with Gasteiger partial charge in [0.1, 0.15) is 34.5 Å². The van der Waals surface area contributed by atoms with Gasteiger partial charge in [0.2, 0.25) is 0 Å². The first kappa shape index (κ1) is 21.0. The molecular formula is C28H20N2O4. The lowest BCUT2D eigenvalue weighted by atomic mass is 10.3. The standard InChI is InChI=1S/C28H20N2O4/c1-6-21(29-19-27-12-4-14-31-27)16-23(8-1)33-25-10-3-11-26(18-25)34-24-9-2-7-22(17-24)30-20-28-13-5-15-32-28/h1-20H. The maximum Gasteiger partial charge on any atom is 0.144 e. The van der Waals surface area contributed by atoms with Crippen molar-refractivity contribution in [2.24, 2.45) is 9.98 Å². The zero-order valence-electron chi connectivity index (χ0n) is 18.1. The van der Waals surface area contributed by atoms with Crippen LogP contribution in [0.5, 0.6) is 23.0 Å². The normalized spacial score (nSPS) is 11.3. The molecule has 0 unspecified atom stereocenters. The number of rotatable bonds is 8. The first-order chi connectivity index (χ1) is 16.8. The molecule has 0 amide bonds. The van der Waals surface area contributed by atoms with Gasteiger partial charge in [-0.2, -0.15) is 0 Å². The van der Waals surface area contributed by atoms with Gasteiger partial charge in [-0.1, -0.05) is 18.2 Å². The van der Waals surface area contributed by atoms with Gasteiger partial charge in [-0.25, -0.2) is 0 Å². The van der Waals surface area contributed by atoms with E-state index in [1.165, 1.54) is 0 Å². The van der Waals surface area contributed by atoms with Crippen molar-refractivity contribution in [3.8, 4) is 23.0 Å². The Morgan fingerprint density at radius 3 is 1.38 bits per heavy atom. The molecule has 0 bridgehead atoms. The molecule has 0 saturated heterocycles. The predicted molar refractivity (Wildman–Crippen MR) is 131 cm³/mol. The lowest BCUT2D eigenvalue weighted by Crippen LogP contribution is -1.87. The summed E-state index contributed by atoms with van der Waals surface area (Å²) in [6, 6.07) is 29.8. The molecule has 3 aromatic carbocycles. The Balaban J connectivity index is 1.26. The summed E-state index contributed by atoms with van der Waals surface area (Å²) in [5, 5.41) is 0. The second kappa shape index (κ2) is 10.2. The van der Waals surface area contributed by atoms with Crippen LogP contribution in [0.4, 0.5) is 11.4 Å². The minimum atomic E-state index is 0.650. The van der Waals surface area contributed by atoms with Crippen molar-refractivity contribution in [3.63, 3.8) is 0 Å². The molecule has 0 saturated carbocycles. The Morgan fingerprint density at radius 2 is 0.941 bits per heavy atom. The lowest BCUT2D eigenvalue weighted by molar-refractivity contribution is 0.460. The van der Waals surface area contributed by atoms with Crippen LogP contribution in [-0.4, -0.2) is 12.4 Å². The first-order valence-corrected chi connectivity index (χ1v) is 10.6. The fourth-order valence-corrected chi connectivity index (χ4v) is 3.13. The number of ether oxygens (including phenoxy) is 2. The average molecular weight is 448 g/mol. The summed E-state index contributed by atoms with van der Waals surface area (Å²) >= 11 is 0. The van der Waals surface area contributed by atoms with E-state index in [0.29, 0.717) is 34.5 Å². The van der Waals surface area contributed by atoms with Gasteiger partial charge in [0, 0.05) is 18.2 Å². The van der Waals surface area contributed by atoms with Crippen molar-refractivity contribution in [1.29, 1.82) is 0 Å². The van der Waals surface area contributed by atoms with Crippen LogP contribution in [0.2, 0.25) is 0 Å². The van der Waals surface area contributed by atoms with Gasteiger partial charge in [0.15, 0.2) is 0 Å². The maximum absolute atomic E-state index is 6.03. The number of aliphatic imine (C=N–C) groups is 2. The minimum Gasteiger partial charge on any atom is -0.463 e. The monoisotopic (exact) mass is 448 g/mol. The average Bonchev–Trinajstić information content (AvgIpc) is 3.57. The molecule has 0 N–H and O–H groups in total. The van der Waals surface area contributed by atoms with E-state index in [1.54, 1.807) is 25.0 Å². The molecule has 6 heteroatoms. The Kier molecular flexibility index (Phi) is 6.30. The van der Waals surface area contributed by atoms with E-state index in [2.05, 4.69) is 9.98 Å². The first-order valence-electron chi connectivity index (χ1n) is 10.6. The molecule has 0 aliphatic carbocycles. The quantitative estimate of drug-likeness (QED) is 0.226. The second-order valence-corrected chi connectivity index (χ2v) is 7.22. The Labute approximate surface area is 196 Å². The molecule has 0 aliphatic rings. The third-order valence-electron chi connectivity index (χ3n) is 4.68. The van der Waals surface area contributed by atoms with Crippen LogP contribution in [0.15, 0.2) is 128 Å². The zero-order chi connectivity index (χ0) is 23.0. The summed E-state index contributed by atoms with van der Waals surface area (Å²) in [5.41, 5.74) is 1.52. The SMILES string of the molecule is C(=Nc1cccc(Oc2cccc(Oc3cccc(N=Cc4ccco4)c3)c2)c1)c1ccco1. The molecule has 0 aliphatic heterocycles. The van der Waals surface area contributed by atoms with Gasteiger partial charge < -0.3 is 18.3 Å². The van der Waals surface area contributed by atoms with E-state index in [4.69, 9.17) is 18.3 Å². The van der Waals surface area contributed by atoms with Gasteiger partial charge in [-0.3, -0.25) is 9.98 Å². The highest BCUT2D eigenvalue weighted by Crippen LogP contribution is 2.31. The van der Waals surface area contributed by atoms with Gasteiger partial charge in [-0.15, -0.1) is 0 Å². The number of benzene rings is 3. The summed E-state index contributed by atoms with van der Waals surface area (Å²) < 4.78 is 22.6. The van der Waals surface area contributed by atoms with Crippen molar-refractivity contribution in [1.82, 2.24) is 0 Å². The predicted octanol–water partition coefficient (Wildman–Crippen LogP) is 7.96. The van der Waals surface area contributed by atoms with Crippen molar-refractivity contribution >= 4 is 23.8 Å². The summed E-state index contributed by atoms with van der Waals surface area (Å²) in [6.07, 6.45) is 6.56. The topological polar surface area (TPSA) is 69.5 Å². The third-order valence-corrected chi connectivity index (χ3v) is 4.68. The number of nitrogens with zero attached hydrogens (tertiary/aromatic N) is 2. The molecule has 6 nitrogen and oxygen atoms in total. The summed E-state index contributed by atoms with van der Waals surface area (Å²) in [4.78, 5) is 8.85. The van der Waals surface area contributed by atoms with Gasteiger partial charge in [0.05, 0.1) is 36.3 Å². The van der Waals surface area contributed by atoms with Crippen LogP contribution in [0.3, 0.4) is 0 Å². The fourth-order valence-electron chi connectivity index (χ4n) is 3.13. The van der Waals surface area contributed by atoms with Crippen LogP contribution < -0.4 is 9.47 Å². The molecule has 0 atom stereocenters.